The summed E-state index contributed by atoms with van der Waals surface area (Å²) >= 11 is 0. The van der Waals surface area contributed by atoms with Gasteiger partial charge in [-0.1, -0.05) is 26.0 Å². The molecular weight excluding hydrogens is 226 g/mol. The normalized spacial score (nSPS) is 10.8. The molecular formula is C14H17N3O. The number of aromatic hydroxyl groups is 1. The van der Waals surface area contributed by atoms with Crippen molar-refractivity contribution in [2.24, 2.45) is 5.92 Å². The number of anilines is 1. The van der Waals surface area contributed by atoms with Crippen molar-refractivity contribution in [1.29, 1.82) is 0 Å². The second-order valence-corrected chi connectivity index (χ2v) is 4.76. The lowest BCUT2D eigenvalue weighted by molar-refractivity contribution is 0.475. The molecule has 4 nitrogen and oxygen atoms in total. The highest BCUT2D eigenvalue weighted by Gasteiger charge is 2.07. The van der Waals surface area contributed by atoms with E-state index in [4.69, 9.17) is 5.73 Å². The van der Waals surface area contributed by atoms with E-state index in [9.17, 15) is 5.11 Å². The van der Waals surface area contributed by atoms with Gasteiger partial charge in [0, 0.05) is 17.3 Å². The summed E-state index contributed by atoms with van der Waals surface area (Å²) in [7, 11) is 0. The zero-order chi connectivity index (χ0) is 13.1. The number of nitrogens with zero attached hydrogens (tertiary/aromatic N) is 2. The van der Waals surface area contributed by atoms with E-state index in [1.807, 2.05) is 6.07 Å². The molecule has 0 radical (unpaired) electrons. The van der Waals surface area contributed by atoms with E-state index in [0.29, 0.717) is 17.6 Å². The SMILES string of the molecule is CC(C)Cc1cc(N)nc(-c2cccc(O)c2)n1. The van der Waals surface area contributed by atoms with Gasteiger partial charge in [0.15, 0.2) is 5.82 Å². The highest BCUT2D eigenvalue weighted by atomic mass is 16.3. The van der Waals surface area contributed by atoms with Gasteiger partial charge < -0.3 is 10.8 Å². The Bertz CT molecular complexity index is 552. The monoisotopic (exact) mass is 243 g/mol. The minimum Gasteiger partial charge on any atom is -0.508 e. The molecule has 3 N–H and O–H groups in total. The Morgan fingerprint density at radius 3 is 2.67 bits per heavy atom. The Labute approximate surface area is 107 Å². The van der Waals surface area contributed by atoms with Crippen LogP contribution in [-0.4, -0.2) is 15.1 Å². The van der Waals surface area contributed by atoms with Gasteiger partial charge in [-0.25, -0.2) is 9.97 Å². The quantitative estimate of drug-likeness (QED) is 0.869. The molecule has 0 amide bonds. The van der Waals surface area contributed by atoms with Crippen LogP contribution in [0.1, 0.15) is 19.5 Å². The van der Waals surface area contributed by atoms with Gasteiger partial charge in [-0.05, 0) is 24.5 Å². The van der Waals surface area contributed by atoms with Crippen LogP contribution in [0.3, 0.4) is 0 Å². The first-order valence-electron chi connectivity index (χ1n) is 5.97. The van der Waals surface area contributed by atoms with Gasteiger partial charge in [-0.2, -0.15) is 0 Å². The highest BCUT2D eigenvalue weighted by Crippen LogP contribution is 2.21. The minimum atomic E-state index is 0.198. The molecule has 0 aliphatic carbocycles. The van der Waals surface area contributed by atoms with Crippen molar-refractivity contribution in [3.8, 4) is 17.1 Å². The smallest absolute Gasteiger partial charge is 0.161 e. The van der Waals surface area contributed by atoms with Gasteiger partial charge in [0.1, 0.15) is 11.6 Å². The summed E-state index contributed by atoms with van der Waals surface area (Å²) < 4.78 is 0. The van der Waals surface area contributed by atoms with Crippen LogP contribution in [0.25, 0.3) is 11.4 Å². The Hall–Kier alpha value is -2.10. The number of nitrogens with two attached hydrogens (primary N) is 1. The van der Waals surface area contributed by atoms with E-state index in [2.05, 4.69) is 23.8 Å². The van der Waals surface area contributed by atoms with Crippen molar-refractivity contribution < 1.29 is 5.11 Å². The molecule has 0 saturated carbocycles. The molecule has 0 aliphatic rings. The fourth-order valence-electron chi connectivity index (χ4n) is 1.82. The van der Waals surface area contributed by atoms with Crippen LogP contribution in [0.4, 0.5) is 5.82 Å². The van der Waals surface area contributed by atoms with Crippen molar-refractivity contribution >= 4 is 5.82 Å². The number of hydrogen-bond acceptors (Lipinski definition) is 4. The number of benzene rings is 1. The molecule has 94 valence electrons. The molecule has 0 unspecified atom stereocenters. The molecule has 1 heterocycles. The van der Waals surface area contributed by atoms with Crippen LogP contribution < -0.4 is 5.73 Å². The zero-order valence-corrected chi connectivity index (χ0v) is 10.6. The summed E-state index contributed by atoms with van der Waals surface area (Å²) in [5, 5.41) is 9.47. The summed E-state index contributed by atoms with van der Waals surface area (Å²) in [6.07, 6.45) is 0.860. The summed E-state index contributed by atoms with van der Waals surface area (Å²) in [5.41, 5.74) is 7.49. The summed E-state index contributed by atoms with van der Waals surface area (Å²) in [5.74, 6) is 1.72. The second-order valence-electron chi connectivity index (χ2n) is 4.76. The lowest BCUT2D eigenvalue weighted by Gasteiger charge is -2.08. The molecule has 1 aromatic heterocycles. The maximum atomic E-state index is 9.47. The molecule has 0 fully saturated rings. The van der Waals surface area contributed by atoms with Crippen LogP contribution in [0.2, 0.25) is 0 Å². The lowest BCUT2D eigenvalue weighted by atomic mass is 10.1. The van der Waals surface area contributed by atoms with Crippen LogP contribution in [0, 0.1) is 5.92 Å². The van der Waals surface area contributed by atoms with E-state index in [1.54, 1.807) is 24.3 Å². The van der Waals surface area contributed by atoms with Crippen molar-refractivity contribution in [3.63, 3.8) is 0 Å². The topological polar surface area (TPSA) is 72.0 Å². The van der Waals surface area contributed by atoms with Gasteiger partial charge in [0.05, 0.1) is 0 Å². The largest absolute Gasteiger partial charge is 0.508 e. The Balaban J connectivity index is 2.41. The van der Waals surface area contributed by atoms with E-state index in [1.165, 1.54) is 0 Å². The first kappa shape index (κ1) is 12.4. The number of phenolic OH excluding ortho intramolecular Hbond substituents is 1. The Morgan fingerprint density at radius 1 is 1.22 bits per heavy atom. The van der Waals surface area contributed by atoms with Gasteiger partial charge in [0.2, 0.25) is 0 Å². The van der Waals surface area contributed by atoms with Crippen LogP contribution >= 0.6 is 0 Å². The number of phenols is 1. The Kier molecular flexibility index (Phi) is 3.46. The average Bonchev–Trinajstić information content (AvgIpc) is 2.27. The summed E-state index contributed by atoms with van der Waals surface area (Å²) in [6.45, 7) is 4.26. The van der Waals surface area contributed by atoms with E-state index in [-0.39, 0.29) is 5.75 Å². The van der Waals surface area contributed by atoms with Crippen LogP contribution in [-0.2, 0) is 6.42 Å². The third kappa shape index (κ3) is 2.97. The third-order valence-electron chi connectivity index (χ3n) is 2.52. The molecule has 0 spiro atoms. The predicted octanol–water partition coefficient (Wildman–Crippen LogP) is 2.63. The van der Waals surface area contributed by atoms with Crippen LogP contribution in [0.5, 0.6) is 5.75 Å². The van der Waals surface area contributed by atoms with Crippen molar-refractivity contribution in [2.45, 2.75) is 20.3 Å². The molecule has 2 rings (SSSR count). The molecule has 0 saturated heterocycles. The molecule has 2 aromatic rings. The molecule has 4 heteroatoms. The number of nitrogen functional groups attached to an aromatic ring is 1. The standard InChI is InChI=1S/C14H17N3O/c1-9(2)6-11-8-13(15)17-14(16-11)10-4-3-5-12(18)7-10/h3-5,7-9,18H,6H2,1-2H3,(H2,15,16,17). The molecule has 0 atom stereocenters. The molecule has 1 aromatic carbocycles. The first-order chi connectivity index (χ1) is 8.54. The maximum Gasteiger partial charge on any atom is 0.161 e. The highest BCUT2D eigenvalue weighted by molar-refractivity contribution is 5.59. The number of hydrogen-bond donors (Lipinski definition) is 2. The lowest BCUT2D eigenvalue weighted by Crippen LogP contribution is -2.03. The fourth-order valence-corrected chi connectivity index (χ4v) is 1.82. The summed E-state index contributed by atoms with van der Waals surface area (Å²) in [4.78, 5) is 8.69. The van der Waals surface area contributed by atoms with Gasteiger partial charge in [-0.3, -0.25) is 0 Å². The molecule has 0 bridgehead atoms. The van der Waals surface area contributed by atoms with Gasteiger partial charge in [-0.15, -0.1) is 0 Å². The van der Waals surface area contributed by atoms with E-state index in [0.717, 1.165) is 17.7 Å². The molecule has 0 aliphatic heterocycles. The first-order valence-corrected chi connectivity index (χ1v) is 5.97. The zero-order valence-electron chi connectivity index (χ0n) is 10.6. The fraction of sp³-hybridized carbons (Fsp3) is 0.286. The van der Waals surface area contributed by atoms with E-state index >= 15 is 0 Å². The van der Waals surface area contributed by atoms with Crippen molar-refractivity contribution in [3.05, 3.63) is 36.0 Å². The van der Waals surface area contributed by atoms with Gasteiger partial charge >= 0.3 is 0 Å². The Morgan fingerprint density at radius 2 is 2.00 bits per heavy atom. The number of rotatable bonds is 3. The van der Waals surface area contributed by atoms with E-state index < -0.39 is 0 Å². The molecule has 18 heavy (non-hydrogen) atoms. The average molecular weight is 243 g/mol. The summed E-state index contributed by atoms with van der Waals surface area (Å²) in [6, 6.07) is 8.66. The maximum absolute atomic E-state index is 9.47. The second kappa shape index (κ2) is 5.04. The number of aromatic nitrogens is 2. The van der Waals surface area contributed by atoms with Gasteiger partial charge in [0.25, 0.3) is 0 Å². The predicted molar refractivity (Wildman–Crippen MR) is 72.1 cm³/mol. The minimum absolute atomic E-state index is 0.198. The van der Waals surface area contributed by atoms with Crippen molar-refractivity contribution in [2.75, 3.05) is 5.73 Å². The third-order valence-corrected chi connectivity index (χ3v) is 2.52. The van der Waals surface area contributed by atoms with Crippen molar-refractivity contribution in [1.82, 2.24) is 9.97 Å². The van der Waals surface area contributed by atoms with Crippen LogP contribution in [0.15, 0.2) is 30.3 Å².